The second-order valence-corrected chi connectivity index (χ2v) is 5.52. The van der Waals surface area contributed by atoms with Crippen LogP contribution in [-0.2, 0) is 17.8 Å². The van der Waals surface area contributed by atoms with E-state index in [0.717, 1.165) is 16.0 Å². The number of carbonyl (C=O) groups is 1. The highest BCUT2D eigenvalue weighted by molar-refractivity contribution is 5.91. The minimum atomic E-state index is -0.266. The molecule has 0 aromatic heterocycles. The summed E-state index contributed by atoms with van der Waals surface area (Å²) in [5, 5.41) is 11.4. The average Bonchev–Trinajstić information content (AvgIpc) is 2.49. The minimum absolute atomic E-state index is 0.105. The first-order valence-electron chi connectivity index (χ1n) is 7.38. The molecule has 2 aromatic rings. The molecule has 1 unspecified atom stereocenters. The zero-order chi connectivity index (χ0) is 16.7. The summed E-state index contributed by atoms with van der Waals surface area (Å²) in [4.78, 5) is 13.0. The first-order valence-corrected chi connectivity index (χ1v) is 7.38. The molecular weight excluding hydrogens is 293 g/mol. The lowest BCUT2D eigenvalue weighted by molar-refractivity contribution is -0.885. The number of carbonyl (C=O) groups excluding carboxylic acids is 1. The average molecular weight is 312 g/mol. The number of quaternary nitrogens is 1. The van der Waals surface area contributed by atoms with Crippen LogP contribution in [0.1, 0.15) is 11.1 Å². The van der Waals surface area contributed by atoms with Gasteiger partial charge >= 0.3 is 0 Å². The van der Waals surface area contributed by atoms with E-state index < -0.39 is 0 Å². The Labute approximate surface area is 135 Å². The van der Waals surface area contributed by atoms with Crippen molar-refractivity contribution < 1.29 is 14.1 Å². The fourth-order valence-electron chi connectivity index (χ4n) is 2.33. The number of likely N-dealkylation sites (N-methyl/N-ethyl adjacent to an activating group) is 1. The van der Waals surface area contributed by atoms with Crippen LogP contribution in [0.5, 0.6) is 0 Å². The van der Waals surface area contributed by atoms with E-state index in [-0.39, 0.29) is 18.3 Å². The van der Waals surface area contributed by atoms with Crippen molar-refractivity contribution in [2.24, 2.45) is 0 Å². The molecule has 1 atom stereocenters. The van der Waals surface area contributed by atoms with Gasteiger partial charge in [0, 0.05) is 11.3 Å². The molecule has 0 saturated carbocycles. The third kappa shape index (κ3) is 5.53. The summed E-state index contributed by atoms with van der Waals surface area (Å²) in [6, 6.07) is 15.7. The highest BCUT2D eigenvalue weighted by atomic mass is 19.1. The van der Waals surface area contributed by atoms with Gasteiger partial charge in [-0.2, -0.15) is 5.26 Å². The van der Waals surface area contributed by atoms with Gasteiger partial charge in [-0.3, -0.25) is 4.79 Å². The van der Waals surface area contributed by atoms with Gasteiger partial charge in [0.15, 0.2) is 6.54 Å². The predicted octanol–water partition coefficient (Wildman–Crippen LogP) is 1.55. The van der Waals surface area contributed by atoms with Crippen LogP contribution in [0.3, 0.4) is 0 Å². The number of anilines is 1. The summed E-state index contributed by atoms with van der Waals surface area (Å²) >= 11 is 0. The third-order valence-corrected chi connectivity index (χ3v) is 3.38. The molecule has 0 aliphatic heterocycles. The van der Waals surface area contributed by atoms with E-state index in [2.05, 4.69) is 11.4 Å². The largest absolute Gasteiger partial charge is 0.326 e. The fourth-order valence-corrected chi connectivity index (χ4v) is 2.33. The quantitative estimate of drug-likeness (QED) is 0.850. The lowest BCUT2D eigenvalue weighted by Crippen LogP contribution is -3.08. The molecule has 23 heavy (non-hydrogen) atoms. The third-order valence-electron chi connectivity index (χ3n) is 3.38. The molecule has 0 radical (unpaired) electrons. The number of nitrogens with one attached hydrogen (secondary N) is 2. The SMILES string of the molecule is C[NH+](CC(=O)Nc1ccc(CC#N)cc1)Cc1cccc(F)c1. The van der Waals surface area contributed by atoms with Crippen molar-refractivity contribution in [3.63, 3.8) is 0 Å². The summed E-state index contributed by atoms with van der Waals surface area (Å²) < 4.78 is 13.1. The Morgan fingerprint density at radius 2 is 1.96 bits per heavy atom. The van der Waals surface area contributed by atoms with Gasteiger partial charge < -0.3 is 10.2 Å². The smallest absolute Gasteiger partial charge is 0.279 e. The molecule has 0 saturated heterocycles. The molecule has 0 spiro atoms. The molecule has 5 heteroatoms. The van der Waals surface area contributed by atoms with Gasteiger partial charge in [0.25, 0.3) is 5.91 Å². The standard InChI is InChI=1S/C18H18FN3O/c1-22(12-15-3-2-4-16(19)11-15)13-18(23)21-17-7-5-14(6-8-17)9-10-20/h2-8,11H,9,12-13H2,1H3,(H,21,23)/p+1. The molecule has 0 aliphatic rings. The zero-order valence-electron chi connectivity index (χ0n) is 13.0. The number of nitrogens with zero attached hydrogens (tertiary/aromatic N) is 1. The second kappa shape index (κ2) is 8.06. The Morgan fingerprint density at radius 1 is 1.22 bits per heavy atom. The monoisotopic (exact) mass is 312 g/mol. The van der Waals surface area contributed by atoms with Crippen LogP contribution in [0.2, 0.25) is 0 Å². The lowest BCUT2D eigenvalue weighted by atomic mass is 10.1. The van der Waals surface area contributed by atoms with Crippen molar-refractivity contribution in [2.75, 3.05) is 18.9 Å². The number of halogens is 1. The number of rotatable bonds is 6. The summed E-state index contributed by atoms with van der Waals surface area (Å²) in [6.45, 7) is 0.864. The van der Waals surface area contributed by atoms with Crippen molar-refractivity contribution in [3.05, 3.63) is 65.5 Å². The van der Waals surface area contributed by atoms with Crippen LogP contribution in [0.4, 0.5) is 10.1 Å². The molecule has 2 aromatic carbocycles. The van der Waals surface area contributed by atoms with Crippen LogP contribution in [-0.4, -0.2) is 19.5 Å². The van der Waals surface area contributed by atoms with Gasteiger partial charge in [0.2, 0.25) is 0 Å². The Morgan fingerprint density at radius 3 is 2.61 bits per heavy atom. The molecule has 0 bridgehead atoms. The number of benzene rings is 2. The van der Waals surface area contributed by atoms with E-state index in [1.54, 1.807) is 18.2 Å². The fraction of sp³-hybridized carbons (Fsp3) is 0.222. The maximum Gasteiger partial charge on any atom is 0.279 e. The van der Waals surface area contributed by atoms with Crippen molar-refractivity contribution in [2.45, 2.75) is 13.0 Å². The van der Waals surface area contributed by atoms with E-state index in [0.29, 0.717) is 18.7 Å². The van der Waals surface area contributed by atoms with E-state index in [1.165, 1.54) is 12.1 Å². The molecule has 4 nitrogen and oxygen atoms in total. The van der Waals surface area contributed by atoms with Crippen molar-refractivity contribution in [3.8, 4) is 6.07 Å². The molecule has 2 rings (SSSR count). The van der Waals surface area contributed by atoms with Crippen LogP contribution >= 0.6 is 0 Å². The maximum atomic E-state index is 13.1. The number of hydrogen-bond donors (Lipinski definition) is 2. The van der Waals surface area contributed by atoms with Gasteiger partial charge in [-0.1, -0.05) is 24.3 Å². The first kappa shape index (κ1) is 16.7. The van der Waals surface area contributed by atoms with Crippen LogP contribution < -0.4 is 10.2 Å². The normalized spacial score (nSPS) is 11.5. The predicted molar refractivity (Wildman–Crippen MR) is 86.2 cm³/mol. The first-order chi connectivity index (χ1) is 11.1. The van der Waals surface area contributed by atoms with Gasteiger partial charge in [0.05, 0.1) is 19.5 Å². The Kier molecular flexibility index (Phi) is 5.84. The van der Waals surface area contributed by atoms with E-state index in [9.17, 15) is 9.18 Å². The summed E-state index contributed by atoms with van der Waals surface area (Å²) in [5.41, 5.74) is 2.48. The summed E-state index contributed by atoms with van der Waals surface area (Å²) in [5.74, 6) is -0.371. The molecule has 0 aliphatic carbocycles. The van der Waals surface area contributed by atoms with Gasteiger partial charge in [-0.05, 0) is 29.8 Å². The Balaban J connectivity index is 1.85. The molecule has 0 heterocycles. The Hall–Kier alpha value is -2.71. The van der Waals surface area contributed by atoms with Crippen LogP contribution in [0.15, 0.2) is 48.5 Å². The van der Waals surface area contributed by atoms with Crippen LogP contribution in [0.25, 0.3) is 0 Å². The van der Waals surface area contributed by atoms with Gasteiger partial charge in [0.1, 0.15) is 12.4 Å². The molecule has 118 valence electrons. The number of amides is 1. The number of hydrogen-bond acceptors (Lipinski definition) is 2. The molecule has 0 fully saturated rings. The van der Waals surface area contributed by atoms with E-state index in [1.807, 2.05) is 25.2 Å². The minimum Gasteiger partial charge on any atom is -0.326 e. The highest BCUT2D eigenvalue weighted by Crippen LogP contribution is 2.09. The Bertz CT molecular complexity index is 707. The lowest BCUT2D eigenvalue weighted by Gasteiger charge is -2.14. The molecular formula is C18H19FN3O+. The van der Waals surface area contributed by atoms with Gasteiger partial charge in [-0.25, -0.2) is 4.39 Å². The van der Waals surface area contributed by atoms with Crippen molar-refractivity contribution in [1.29, 1.82) is 5.26 Å². The van der Waals surface area contributed by atoms with Crippen LogP contribution in [0, 0.1) is 17.1 Å². The zero-order valence-corrected chi connectivity index (χ0v) is 13.0. The highest BCUT2D eigenvalue weighted by Gasteiger charge is 2.11. The maximum absolute atomic E-state index is 13.1. The van der Waals surface area contributed by atoms with E-state index >= 15 is 0 Å². The van der Waals surface area contributed by atoms with Crippen molar-refractivity contribution >= 4 is 11.6 Å². The molecule has 1 amide bonds. The molecule has 2 N–H and O–H groups in total. The second-order valence-electron chi connectivity index (χ2n) is 5.52. The topological polar surface area (TPSA) is 57.3 Å². The summed E-state index contributed by atoms with van der Waals surface area (Å²) in [7, 11) is 1.89. The number of nitriles is 1. The summed E-state index contributed by atoms with van der Waals surface area (Å²) in [6.07, 6.45) is 0.356. The van der Waals surface area contributed by atoms with Crippen molar-refractivity contribution in [1.82, 2.24) is 0 Å². The van der Waals surface area contributed by atoms with E-state index in [4.69, 9.17) is 5.26 Å². The van der Waals surface area contributed by atoms with Gasteiger partial charge in [-0.15, -0.1) is 0 Å².